The molecule has 2 aromatic carbocycles. The van der Waals surface area contributed by atoms with Gasteiger partial charge in [-0.3, -0.25) is 9.59 Å². The maximum absolute atomic E-state index is 12.5. The first-order valence-corrected chi connectivity index (χ1v) is 12.3. The van der Waals surface area contributed by atoms with Crippen molar-refractivity contribution in [1.29, 1.82) is 0 Å². The Morgan fingerprint density at radius 1 is 1.14 bits per heavy atom. The van der Waals surface area contributed by atoms with E-state index in [2.05, 4.69) is 38.5 Å². The largest absolute Gasteiger partial charge is 0.493 e. The van der Waals surface area contributed by atoms with Crippen LogP contribution in [0.1, 0.15) is 28.9 Å². The number of halogens is 1. The third kappa shape index (κ3) is 6.77. The molecule has 0 bridgehead atoms. The van der Waals surface area contributed by atoms with Gasteiger partial charge in [0.1, 0.15) is 5.92 Å². The fourth-order valence-corrected chi connectivity index (χ4v) is 4.48. The first kappa shape index (κ1) is 27.9. The molecule has 0 spiro atoms. The van der Waals surface area contributed by atoms with E-state index in [4.69, 9.17) is 31.2 Å². The number of nitrogens with one attached hydrogen (secondary N) is 3. The van der Waals surface area contributed by atoms with Crippen molar-refractivity contribution in [1.82, 2.24) is 10.6 Å². The van der Waals surface area contributed by atoms with E-state index in [0.717, 1.165) is 0 Å². The molecule has 0 aliphatic carbocycles. The molecule has 0 saturated carbocycles. The van der Waals surface area contributed by atoms with Gasteiger partial charge in [-0.25, -0.2) is 4.79 Å². The van der Waals surface area contributed by atoms with Gasteiger partial charge < -0.3 is 34.9 Å². The van der Waals surface area contributed by atoms with Crippen molar-refractivity contribution < 1.29 is 33.3 Å². The van der Waals surface area contributed by atoms with Crippen molar-refractivity contribution in [2.75, 3.05) is 32.8 Å². The Bertz CT molecular complexity index is 1220. The SMILES string of the molecule is C=C1NC(=S)N[C@H](c2cc(OC)c(OCC(=O)Nc3ccc(C(=O)OCC)cc3)cc2Br)[C@@H]1C(=O)OC. The Kier molecular flexibility index (Phi) is 9.48. The number of rotatable bonds is 9. The molecule has 1 saturated heterocycles. The highest BCUT2D eigenvalue weighted by atomic mass is 79.9. The van der Waals surface area contributed by atoms with Gasteiger partial charge in [0.2, 0.25) is 0 Å². The Balaban J connectivity index is 1.73. The van der Waals surface area contributed by atoms with E-state index in [1.54, 1.807) is 43.3 Å². The lowest BCUT2D eigenvalue weighted by Gasteiger charge is -2.35. The third-order valence-corrected chi connectivity index (χ3v) is 6.29. The molecule has 10 nitrogen and oxygen atoms in total. The predicted molar refractivity (Wildman–Crippen MR) is 143 cm³/mol. The van der Waals surface area contributed by atoms with Crippen LogP contribution >= 0.6 is 28.1 Å². The lowest BCUT2D eigenvalue weighted by atomic mass is 9.89. The summed E-state index contributed by atoms with van der Waals surface area (Å²) in [6.07, 6.45) is 0. The average Bonchev–Trinajstić information content (AvgIpc) is 2.87. The second-order valence-electron chi connectivity index (χ2n) is 7.76. The summed E-state index contributed by atoms with van der Waals surface area (Å²) in [5, 5.41) is 8.94. The number of amides is 1. The van der Waals surface area contributed by atoms with E-state index in [-0.39, 0.29) is 13.2 Å². The zero-order chi connectivity index (χ0) is 27.1. The van der Waals surface area contributed by atoms with Crippen LogP contribution in [0.5, 0.6) is 11.5 Å². The summed E-state index contributed by atoms with van der Waals surface area (Å²) in [6.45, 7) is 5.60. The number of anilines is 1. The van der Waals surface area contributed by atoms with Crippen molar-refractivity contribution in [3.05, 3.63) is 64.3 Å². The highest BCUT2D eigenvalue weighted by Crippen LogP contribution is 2.40. The molecule has 3 rings (SSSR count). The molecular weight excluding hydrogens is 566 g/mol. The van der Waals surface area contributed by atoms with Crippen molar-refractivity contribution in [2.24, 2.45) is 5.92 Å². The van der Waals surface area contributed by atoms with Gasteiger partial charge in [0.15, 0.2) is 23.2 Å². The molecular formula is C25H26BrN3O7S. The fraction of sp³-hybridized carbons (Fsp3) is 0.280. The van der Waals surface area contributed by atoms with Crippen LogP contribution in [0.2, 0.25) is 0 Å². The zero-order valence-electron chi connectivity index (χ0n) is 20.4. The van der Waals surface area contributed by atoms with Gasteiger partial charge in [0.05, 0.1) is 32.4 Å². The van der Waals surface area contributed by atoms with Crippen molar-refractivity contribution in [3.63, 3.8) is 0 Å². The Morgan fingerprint density at radius 3 is 2.46 bits per heavy atom. The topological polar surface area (TPSA) is 124 Å². The van der Waals surface area contributed by atoms with Crippen LogP contribution in [0.3, 0.4) is 0 Å². The molecule has 1 aliphatic heterocycles. The molecule has 12 heteroatoms. The number of carbonyl (C=O) groups is 3. The number of methoxy groups -OCH3 is 2. The van der Waals surface area contributed by atoms with Crippen LogP contribution in [0, 0.1) is 5.92 Å². The van der Waals surface area contributed by atoms with Crippen LogP contribution in [0.25, 0.3) is 0 Å². The highest BCUT2D eigenvalue weighted by molar-refractivity contribution is 9.10. The van der Waals surface area contributed by atoms with Gasteiger partial charge in [-0.05, 0) is 61.1 Å². The maximum Gasteiger partial charge on any atom is 0.338 e. The molecule has 2 aromatic rings. The Hall–Kier alpha value is -3.64. The number of thiocarbonyl (C=S) groups is 1. The van der Waals surface area contributed by atoms with E-state index >= 15 is 0 Å². The molecule has 2 atom stereocenters. The summed E-state index contributed by atoms with van der Waals surface area (Å²) < 4.78 is 21.7. The first-order chi connectivity index (χ1) is 17.7. The van der Waals surface area contributed by atoms with Crippen molar-refractivity contribution in [3.8, 4) is 11.5 Å². The minimum atomic E-state index is -0.759. The van der Waals surface area contributed by atoms with Crippen LogP contribution in [0.4, 0.5) is 5.69 Å². The quantitative estimate of drug-likeness (QED) is 0.295. The first-order valence-electron chi connectivity index (χ1n) is 11.1. The molecule has 1 aliphatic rings. The molecule has 0 radical (unpaired) electrons. The van der Waals surface area contributed by atoms with E-state index in [0.29, 0.717) is 43.6 Å². The molecule has 37 heavy (non-hydrogen) atoms. The third-order valence-electron chi connectivity index (χ3n) is 5.38. The smallest absolute Gasteiger partial charge is 0.338 e. The monoisotopic (exact) mass is 591 g/mol. The highest BCUT2D eigenvalue weighted by Gasteiger charge is 2.38. The molecule has 0 unspecified atom stereocenters. The fourth-order valence-electron chi connectivity index (χ4n) is 3.65. The lowest BCUT2D eigenvalue weighted by molar-refractivity contribution is -0.145. The molecule has 196 valence electrons. The van der Waals surface area contributed by atoms with Crippen molar-refractivity contribution >= 4 is 56.8 Å². The summed E-state index contributed by atoms with van der Waals surface area (Å²) >= 11 is 8.76. The normalized spacial score (nSPS) is 16.6. The minimum Gasteiger partial charge on any atom is -0.493 e. The molecule has 3 N–H and O–H groups in total. The number of ether oxygens (including phenoxy) is 4. The molecule has 0 aromatic heterocycles. The van der Waals surface area contributed by atoms with Crippen LogP contribution in [-0.4, -0.2) is 50.4 Å². The Labute approximate surface area is 227 Å². The van der Waals surface area contributed by atoms with E-state index in [1.165, 1.54) is 14.2 Å². The van der Waals surface area contributed by atoms with Crippen LogP contribution in [0.15, 0.2) is 53.1 Å². The summed E-state index contributed by atoms with van der Waals surface area (Å²) in [6, 6.07) is 9.04. The summed E-state index contributed by atoms with van der Waals surface area (Å²) in [4.78, 5) is 36.7. The lowest BCUT2D eigenvalue weighted by Crippen LogP contribution is -2.50. The Morgan fingerprint density at radius 2 is 1.84 bits per heavy atom. The maximum atomic E-state index is 12.5. The molecule has 1 heterocycles. The van der Waals surface area contributed by atoms with Crippen molar-refractivity contribution in [2.45, 2.75) is 13.0 Å². The van der Waals surface area contributed by atoms with Gasteiger partial charge in [0, 0.05) is 15.9 Å². The second-order valence-corrected chi connectivity index (χ2v) is 9.02. The zero-order valence-corrected chi connectivity index (χ0v) is 22.8. The van der Waals surface area contributed by atoms with Crippen LogP contribution < -0.4 is 25.4 Å². The van der Waals surface area contributed by atoms with Gasteiger partial charge >= 0.3 is 11.9 Å². The number of carbonyl (C=O) groups excluding carboxylic acids is 3. The van der Waals surface area contributed by atoms with Gasteiger partial charge in [0.25, 0.3) is 5.91 Å². The number of hydrogen-bond acceptors (Lipinski definition) is 8. The summed E-state index contributed by atoms with van der Waals surface area (Å²) in [5.74, 6) is -1.46. The van der Waals surface area contributed by atoms with E-state index in [1.807, 2.05) is 0 Å². The van der Waals surface area contributed by atoms with E-state index < -0.39 is 29.8 Å². The van der Waals surface area contributed by atoms with Gasteiger partial charge in [-0.2, -0.15) is 0 Å². The molecule has 1 amide bonds. The number of benzene rings is 2. The molecule has 1 fully saturated rings. The minimum absolute atomic E-state index is 0.276. The van der Waals surface area contributed by atoms with Crippen LogP contribution in [-0.2, 0) is 19.1 Å². The number of esters is 2. The van der Waals surface area contributed by atoms with Gasteiger partial charge in [-0.1, -0.05) is 22.5 Å². The van der Waals surface area contributed by atoms with E-state index in [9.17, 15) is 14.4 Å². The average molecular weight is 592 g/mol. The summed E-state index contributed by atoms with van der Waals surface area (Å²) in [7, 11) is 2.76. The number of hydrogen-bond donors (Lipinski definition) is 3. The van der Waals surface area contributed by atoms with Gasteiger partial charge in [-0.15, -0.1) is 0 Å². The predicted octanol–water partition coefficient (Wildman–Crippen LogP) is 3.47. The second kappa shape index (κ2) is 12.5. The standard InChI is InChI=1S/C25H26BrN3O7S/c1-5-35-23(31)14-6-8-15(9-7-14)28-20(30)12-36-19-11-17(26)16(10-18(19)33-3)22-21(24(32)34-4)13(2)27-25(37)29-22/h6-11,21-22H,2,5,12H2,1,3-4H3,(H,28,30)(H2,27,29,37)/t21-,22-/m1/s1. The summed E-state index contributed by atoms with van der Waals surface area (Å²) in [5.41, 5.74) is 1.93.